The third-order valence-electron chi connectivity index (χ3n) is 3.24. The molecule has 0 bridgehead atoms. The van der Waals surface area contributed by atoms with Crippen molar-refractivity contribution in [2.24, 2.45) is 0 Å². The smallest absolute Gasteiger partial charge is 0.233 e. The van der Waals surface area contributed by atoms with Crippen molar-refractivity contribution in [1.29, 1.82) is 0 Å². The Labute approximate surface area is 135 Å². The number of H-pyrrole nitrogens is 1. The number of thioether (sulfide) groups is 1. The molecule has 0 saturated carbocycles. The van der Waals surface area contributed by atoms with E-state index in [-0.39, 0.29) is 5.91 Å². The van der Waals surface area contributed by atoms with Crippen molar-refractivity contribution in [2.45, 2.75) is 38.9 Å². The molecule has 0 spiro atoms. The third-order valence-corrected chi connectivity index (χ3v) is 4.07. The summed E-state index contributed by atoms with van der Waals surface area (Å²) in [6.07, 6.45) is 0.946. The van der Waals surface area contributed by atoms with Crippen LogP contribution in [0.5, 0.6) is 0 Å². The molecule has 5 nitrogen and oxygen atoms in total. The standard InChI is InChI=1S/C16H22N4OS/c1-4-9-20(10-14-7-5-12(2)6-8-14)15(21)11-22-16-17-13(3)18-19-16/h5-8H,4,9-11H2,1-3H3,(H,17,18,19). The van der Waals surface area contributed by atoms with Gasteiger partial charge in [-0.2, -0.15) is 0 Å². The van der Waals surface area contributed by atoms with Gasteiger partial charge in [-0.15, -0.1) is 5.10 Å². The average Bonchev–Trinajstić information content (AvgIpc) is 2.92. The van der Waals surface area contributed by atoms with Crippen molar-refractivity contribution in [3.05, 3.63) is 41.2 Å². The number of hydrogen-bond acceptors (Lipinski definition) is 4. The minimum atomic E-state index is 0.120. The Bertz CT molecular complexity index is 609. The molecule has 22 heavy (non-hydrogen) atoms. The van der Waals surface area contributed by atoms with Crippen LogP contribution in [0.15, 0.2) is 29.4 Å². The number of aromatic amines is 1. The summed E-state index contributed by atoms with van der Waals surface area (Å²) in [7, 11) is 0. The van der Waals surface area contributed by atoms with Crippen LogP contribution in [-0.4, -0.2) is 38.3 Å². The van der Waals surface area contributed by atoms with E-state index in [0.717, 1.165) is 24.4 Å². The van der Waals surface area contributed by atoms with Crippen molar-refractivity contribution in [1.82, 2.24) is 20.1 Å². The van der Waals surface area contributed by atoms with Gasteiger partial charge in [0, 0.05) is 13.1 Å². The van der Waals surface area contributed by atoms with E-state index in [2.05, 4.69) is 53.3 Å². The number of aryl methyl sites for hydroxylation is 2. The predicted octanol–water partition coefficient (Wildman–Crippen LogP) is 2.95. The van der Waals surface area contributed by atoms with Gasteiger partial charge in [-0.1, -0.05) is 48.5 Å². The average molecular weight is 318 g/mol. The van der Waals surface area contributed by atoms with Gasteiger partial charge in [0.1, 0.15) is 5.82 Å². The Kier molecular flexibility index (Phi) is 6.00. The lowest BCUT2D eigenvalue weighted by molar-refractivity contribution is -0.129. The molecule has 0 aliphatic heterocycles. The molecule has 0 unspecified atom stereocenters. The third kappa shape index (κ3) is 4.87. The maximum Gasteiger partial charge on any atom is 0.233 e. The lowest BCUT2D eigenvalue weighted by atomic mass is 10.1. The van der Waals surface area contributed by atoms with E-state index in [1.165, 1.54) is 17.3 Å². The maximum atomic E-state index is 12.4. The molecule has 0 radical (unpaired) electrons. The van der Waals surface area contributed by atoms with Gasteiger partial charge in [-0.25, -0.2) is 4.98 Å². The number of hydrogen-bond donors (Lipinski definition) is 1. The first kappa shape index (κ1) is 16.5. The Hall–Kier alpha value is -1.82. The number of benzene rings is 1. The number of amides is 1. The molecule has 1 heterocycles. The molecule has 1 N–H and O–H groups in total. The van der Waals surface area contributed by atoms with Crippen LogP contribution in [-0.2, 0) is 11.3 Å². The molecule has 0 atom stereocenters. The SMILES string of the molecule is CCCN(Cc1ccc(C)cc1)C(=O)CSc1n[nH]c(C)n1. The van der Waals surface area contributed by atoms with E-state index < -0.39 is 0 Å². The first-order valence-electron chi connectivity index (χ1n) is 7.43. The number of carbonyl (C=O) groups is 1. The lowest BCUT2D eigenvalue weighted by Crippen LogP contribution is -2.32. The number of rotatable bonds is 7. The van der Waals surface area contributed by atoms with Crippen LogP contribution in [0.1, 0.15) is 30.3 Å². The van der Waals surface area contributed by atoms with Crippen LogP contribution >= 0.6 is 11.8 Å². The number of aromatic nitrogens is 3. The Morgan fingerprint density at radius 1 is 1.27 bits per heavy atom. The maximum absolute atomic E-state index is 12.4. The van der Waals surface area contributed by atoms with Crippen molar-refractivity contribution >= 4 is 17.7 Å². The van der Waals surface area contributed by atoms with E-state index in [1.54, 1.807) is 0 Å². The highest BCUT2D eigenvalue weighted by molar-refractivity contribution is 7.99. The summed E-state index contributed by atoms with van der Waals surface area (Å²) in [4.78, 5) is 18.5. The molecule has 2 rings (SSSR count). The molecule has 0 aliphatic carbocycles. The van der Waals surface area contributed by atoms with Crippen LogP contribution in [0, 0.1) is 13.8 Å². The molecule has 1 aromatic carbocycles. The van der Waals surface area contributed by atoms with E-state index in [4.69, 9.17) is 0 Å². The molecular formula is C16H22N4OS. The van der Waals surface area contributed by atoms with Gasteiger partial charge in [0.05, 0.1) is 5.75 Å². The normalized spacial score (nSPS) is 10.7. The minimum Gasteiger partial charge on any atom is -0.338 e. The Morgan fingerprint density at radius 3 is 2.59 bits per heavy atom. The summed E-state index contributed by atoms with van der Waals surface area (Å²) in [5, 5.41) is 7.45. The van der Waals surface area contributed by atoms with Gasteiger partial charge in [0.2, 0.25) is 11.1 Å². The topological polar surface area (TPSA) is 61.9 Å². The van der Waals surface area contributed by atoms with E-state index in [9.17, 15) is 4.79 Å². The predicted molar refractivity (Wildman–Crippen MR) is 88.7 cm³/mol. The van der Waals surface area contributed by atoms with E-state index in [1.807, 2.05) is 11.8 Å². The first-order valence-corrected chi connectivity index (χ1v) is 8.42. The van der Waals surface area contributed by atoms with Crippen molar-refractivity contribution in [3.8, 4) is 0 Å². The lowest BCUT2D eigenvalue weighted by Gasteiger charge is -2.22. The molecule has 2 aromatic rings. The highest BCUT2D eigenvalue weighted by atomic mass is 32.2. The number of carbonyl (C=O) groups excluding carboxylic acids is 1. The molecule has 118 valence electrons. The fraction of sp³-hybridized carbons (Fsp3) is 0.438. The van der Waals surface area contributed by atoms with Crippen molar-refractivity contribution in [3.63, 3.8) is 0 Å². The molecule has 0 aliphatic rings. The summed E-state index contributed by atoms with van der Waals surface area (Å²) in [6.45, 7) is 7.41. The van der Waals surface area contributed by atoms with Gasteiger partial charge in [0.15, 0.2) is 0 Å². The summed E-state index contributed by atoms with van der Waals surface area (Å²) >= 11 is 1.37. The quantitative estimate of drug-likeness (QED) is 0.797. The van der Waals surface area contributed by atoms with Crippen LogP contribution in [0.25, 0.3) is 0 Å². The van der Waals surface area contributed by atoms with Crippen molar-refractivity contribution in [2.75, 3.05) is 12.3 Å². The van der Waals surface area contributed by atoms with Crippen LogP contribution in [0.2, 0.25) is 0 Å². The second-order valence-corrected chi connectivity index (χ2v) is 6.24. The number of nitrogens with one attached hydrogen (secondary N) is 1. The molecule has 1 aromatic heterocycles. The summed E-state index contributed by atoms with van der Waals surface area (Å²) < 4.78 is 0. The van der Waals surface area contributed by atoms with Gasteiger partial charge in [-0.3, -0.25) is 9.89 Å². The minimum absolute atomic E-state index is 0.120. The summed E-state index contributed by atoms with van der Waals surface area (Å²) in [6, 6.07) is 8.32. The summed E-state index contributed by atoms with van der Waals surface area (Å²) in [5.41, 5.74) is 2.39. The van der Waals surface area contributed by atoms with Gasteiger partial charge < -0.3 is 4.90 Å². The number of nitrogens with zero attached hydrogens (tertiary/aromatic N) is 3. The fourth-order valence-corrected chi connectivity index (χ4v) is 2.83. The Morgan fingerprint density at radius 2 is 2.00 bits per heavy atom. The van der Waals surface area contributed by atoms with Gasteiger partial charge in [0.25, 0.3) is 0 Å². The second kappa shape index (κ2) is 7.98. The second-order valence-electron chi connectivity index (χ2n) is 5.29. The van der Waals surface area contributed by atoms with Crippen molar-refractivity contribution < 1.29 is 4.79 Å². The monoisotopic (exact) mass is 318 g/mol. The van der Waals surface area contributed by atoms with Crippen LogP contribution < -0.4 is 0 Å². The largest absolute Gasteiger partial charge is 0.338 e. The molecule has 1 amide bonds. The zero-order valence-electron chi connectivity index (χ0n) is 13.3. The highest BCUT2D eigenvalue weighted by Crippen LogP contribution is 2.15. The van der Waals surface area contributed by atoms with Gasteiger partial charge >= 0.3 is 0 Å². The fourth-order valence-electron chi connectivity index (χ4n) is 2.08. The van der Waals surface area contributed by atoms with E-state index in [0.29, 0.717) is 17.5 Å². The summed E-state index contributed by atoms with van der Waals surface area (Å²) in [5.74, 6) is 1.25. The Balaban J connectivity index is 1.94. The highest BCUT2D eigenvalue weighted by Gasteiger charge is 2.14. The van der Waals surface area contributed by atoms with Crippen LogP contribution in [0.3, 0.4) is 0 Å². The molecule has 0 fully saturated rings. The molecule has 0 saturated heterocycles. The molecular weight excluding hydrogens is 296 g/mol. The van der Waals surface area contributed by atoms with E-state index >= 15 is 0 Å². The van der Waals surface area contributed by atoms with Crippen LogP contribution in [0.4, 0.5) is 0 Å². The molecule has 6 heteroatoms. The first-order chi connectivity index (χ1) is 10.6. The zero-order chi connectivity index (χ0) is 15.9. The van der Waals surface area contributed by atoms with Gasteiger partial charge in [-0.05, 0) is 25.8 Å². The zero-order valence-corrected chi connectivity index (χ0v) is 14.1.